The van der Waals surface area contributed by atoms with Gasteiger partial charge >= 0.3 is 0 Å². The van der Waals surface area contributed by atoms with Crippen LogP contribution in [0.1, 0.15) is 11.1 Å². The number of hydrogen-bond donors (Lipinski definition) is 3. The van der Waals surface area contributed by atoms with Crippen LogP contribution >= 0.6 is 23.4 Å². The van der Waals surface area contributed by atoms with Crippen LogP contribution in [0.2, 0.25) is 5.02 Å². The number of benzene rings is 3. The Morgan fingerprint density at radius 1 is 1.03 bits per heavy atom. The minimum absolute atomic E-state index is 0.0696. The van der Waals surface area contributed by atoms with E-state index in [1.165, 1.54) is 6.07 Å². The molecule has 8 heteroatoms. The van der Waals surface area contributed by atoms with Crippen molar-refractivity contribution in [3.63, 3.8) is 0 Å². The first-order chi connectivity index (χ1) is 14.4. The Morgan fingerprint density at radius 3 is 2.53 bits per heavy atom. The third-order valence-electron chi connectivity index (χ3n) is 4.75. The molecule has 152 valence electrons. The summed E-state index contributed by atoms with van der Waals surface area (Å²) in [6.45, 7) is 0. The summed E-state index contributed by atoms with van der Waals surface area (Å²) in [6.07, 6.45) is 0.455. The number of aromatic hydroxyl groups is 1. The second kappa shape index (κ2) is 8.38. The van der Waals surface area contributed by atoms with Gasteiger partial charge in [0.15, 0.2) is 0 Å². The van der Waals surface area contributed by atoms with Crippen LogP contribution in [0.4, 0.5) is 10.5 Å². The molecule has 3 aromatic rings. The van der Waals surface area contributed by atoms with Crippen LogP contribution in [-0.2, 0) is 22.4 Å². The summed E-state index contributed by atoms with van der Waals surface area (Å²) in [4.78, 5) is 35.6. The fourth-order valence-electron chi connectivity index (χ4n) is 3.31. The summed E-state index contributed by atoms with van der Waals surface area (Å²) in [6, 6.07) is 16.0. The second-order valence-electron chi connectivity index (χ2n) is 6.99. The number of nitrogens with one attached hydrogen (secondary N) is 2. The minimum atomic E-state index is -0.517. The van der Waals surface area contributed by atoms with E-state index in [2.05, 4.69) is 10.6 Å². The maximum atomic E-state index is 12.5. The van der Waals surface area contributed by atoms with Gasteiger partial charge in [-0.2, -0.15) is 0 Å². The summed E-state index contributed by atoms with van der Waals surface area (Å²) in [5, 5.41) is 16.8. The highest BCUT2D eigenvalue weighted by Gasteiger charge is 2.31. The van der Waals surface area contributed by atoms with E-state index in [0.717, 1.165) is 33.7 Å². The highest BCUT2D eigenvalue weighted by Crippen LogP contribution is 2.28. The number of halogens is 1. The summed E-state index contributed by atoms with van der Waals surface area (Å²) in [7, 11) is 0. The molecule has 3 N–H and O–H groups in total. The Bertz CT molecular complexity index is 1180. The molecule has 1 aliphatic heterocycles. The zero-order valence-electron chi connectivity index (χ0n) is 15.6. The number of carbonyl (C=O) groups is 3. The normalized spacial score (nSPS) is 16.0. The van der Waals surface area contributed by atoms with Crippen molar-refractivity contribution < 1.29 is 19.5 Å². The fraction of sp³-hybridized carbons (Fsp3) is 0.136. The van der Waals surface area contributed by atoms with E-state index in [0.29, 0.717) is 11.4 Å². The van der Waals surface area contributed by atoms with Gasteiger partial charge in [-0.05, 0) is 52.6 Å². The zero-order chi connectivity index (χ0) is 21.3. The van der Waals surface area contributed by atoms with E-state index in [9.17, 15) is 19.5 Å². The van der Waals surface area contributed by atoms with Crippen molar-refractivity contribution in [2.24, 2.45) is 0 Å². The highest BCUT2D eigenvalue weighted by atomic mass is 35.5. The van der Waals surface area contributed by atoms with Crippen LogP contribution in [0.3, 0.4) is 0 Å². The molecule has 0 saturated carbocycles. The maximum absolute atomic E-state index is 12.5. The van der Waals surface area contributed by atoms with Gasteiger partial charge in [-0.25, -0.2) is 0 Å². The predicted molar refractivity (Wildman–Crippen MR) is 118 cm³/mol. The van der Waals surface area contributed by atoms with Gasteiger partial charge in [-0.15, -0.1) is 0 Å². The molecule has 1 heterocycles. The van der Waals surface area contributed by atoms with Gasteiger partial charge in [-0.3, -0.25) is 19.7 Å². The van der Waals surface area contributed by atoms with E-state index in [1.54, 1.807) is 18.2 Å². The number of imide groups is 1. The molecule has 0 bridgehead atoms. The monoisotopic (exact) mass is 440 g/mol. The molecule has 3 amide bonds. The molecular weight excluding hydrogens is 424 g/mol. The molecule has 6 nitrogen and oxygen atoms in total. The van der Waals surface area contributed by atoms with Crippen LogP contribution in [-0.4, -0.2) is 27.4 Å². The average molecular weight is 441 g/mol. The first-order valence-corrected chi connectivity index (χ1v) is 10.4. The average Bonchev–Trinajstić information content (AvgIpc) is 3.01. The van der Waals surface area contributed by atoms with Gasteiger partial charge in [0, 0.05) is 5.02 Å². The molecule has 3 aromatic carbocycles. The van der Waals surface area contributed by atoms with Gasteiger partial charge in [0.25, 0.3) is 5.24 Å². The summed E-state index contributed by atoms with van der Waals surface area (Å²) < 4.78 is 0. The first kappa shape index (κ1) is 20.3. The quantitative estimate of drug-likeness (QED) is 0.515. The molecule has 0 spiro atoms. The van der Waals surface area contributed by atoms with E-state index >= 15 is 0 Å². The Morgan fingerprint density at radius 2 is 1.77 bits per heavy atom. The number of carbonyl (C=O) groups excluding carboxylic acids is 3. The number of phenolic OH excluding ortho intramolecular Hbond substituents is 1. The number of amides is 3. The van der Waals surface area contributed by atoms with Crippen LogP contribution in [0.25, 0.3) is 10.8 Å². The van der Waals surface area contributed by atoms with Gasteiger partial charge in [0.2, 0.25) is 11.8 Å². The SMILES string of the molecule is O=C(Cc1ccc2cc(Cl)ccc2c1)Nc1cc(CC2SC(=O)NC2=O)ccc1O. The van der Waals surface area contributed by atoms with Gasteiger partial charge in [0.1, 0.15) is 5.75 Å². The summed E-state index contributed by atoms with van der Waals surface area (Å²) in [5.74, 6) is -0.681. The molecular formula is C22H17ClN2O4S. The lowest BCUT2D eigenvalue weighted by Gasteiger charge is -2.11. The van der Waals surface area contributed by atoms with Crippen molar-refractivity contribution in [3.05, 3.63) is 70.7 Å². The summed E-state index contributed by atoms with van der Waals surface area (Å²) >= 11 is 6.94. The fourth-order valence-corrected chi connectivity index (χ4v) is 4.35. The van der Waals surface area contributed by atoms with E-state index < -0.39 is 5.25 Å². The summed E-state index contributed by atoms with van der Waals surface area (Å²) in [5.41, 5.74) is 1.82. The number of anilines is 1. The van der Waals surface area contributed by atoms with Crippen molar-refractivity contribution in [1.29, 1.82) is 0 Å². The van der Waals surface area contributed by atoms with Crippen molar-refractivity contribution in [3.8, 4) is 5.75 Å². The predicted octanol–water partition coefficient (Wildman–Crippen LogP) is 4.27. The highest BCUT2D eigenvalue weighted by molar-refractivity contribution is 8.15. The lowest BCUT2D eigenvalue weighted by Crippen LogP contribution is -2.25. The van der Waals surface area contributed by atoms with Gasteiger partial charge in [-0.1, -0.05) is 53.7 Å². The Balaban J connectivity index is 1.45. The minimum Gasteiger partial charge on any atom is -0.506 e. The molecule has 4 rings (SSSR count). The number of hydrogen-bond acceptors (Lipinski definition) is 5. The smallest absolute Gasteiger partial charge is 0.286 e. The van der Waals surface area contributed by atoms with Crippen molar-refractivity contribution in [2.75, 3.05) is 5.32 Å². The number of phenols is 1. The number of fused-ring (bicyclic) bond motifs is 1. The lowest BCUT2D eigenvalue weighted by molar-refractivity contribution is -0.119. The third-order valence-corrected chi connectivity index (χ3v) is 5.97. The van der Waals surface area contributed by atoms with Crippen molar-refractivity contribution in [1.82, 2.24) is 5.32 Å². The molecule has 1 aliphatic rings. The van der Waals surface area contributed by atoms with Crippen LogP contribution < -0.4 is 10.6 Å². The van der Waals surface area contributed by atoms with Crippen LogP contribution in [0.5, 0.6) is 5.75 Å². The van der Waals surface area contributed by atoms with Crippen molar-refractivity contribution in [2.45, 2.75) is 18.1 Å². The number of rotatable bonds is 5. The molecule has 1 atom stereocenters. The van der Waals surface area contributed by atoms with Gasteiger partial charge < -0.3 is 10.4 Å². The molecule has 1 saturated heterocycles. The third kappa shape index (κ3) is 4.58. The lowest BCUT2D eigenvalue weighted by atomic mass is 10.0. The van der Waals surface area contributed by atoms with E-state index in [1.807, 2.05) is 30.3 Å². The van der Waals surface area contributed by atoms with Crippen LogP contribution in [0.15, 0.2) is 54.6 Å². The van der Waals surface area contributed by atoms with Gasteiger partial charge in [0.05, 0.1) is 17.4 Å². The topological polar surface area (TPSA) is 95.5 Å². The first-order valence-electron chi connectivity index (χ1n) is 9.19. The molecule has 1 unspecified atom stereocenters. The van der Waals surface area contributed by atoms with Crippen LogP contribution in [0, 0.1) is 0 Å². The Labute approximate surface area is 181 Å². The van der Waals surface area contributed by atoms with E-state index in [-0.39, 0.29) is 34.9 Å². The molecule has 0 radical (unpaired) electrons. The maximum Gasteiger partial charge on any atom is 0.286 e. The zero-order valence-corrected chi connectivity index (χ0v) is 17.2. The largest absolute Gasteiger partial charge is 0.506 e. The van der Waals surface area contributed by atoms with Crippen molar-refractivity contribution >= 4 is 56.9 Å². The standard InChI is InChI=1S/C22H17ClN2O4S/c23-16-5-4-14-7-12(1-3-15(14)11-16)10-20(27)24-17-8-13(2-6-18(17)26)9-19-21(28)25-22(29)30-19/h1-8,11,19,26H,9-10H2,(H,24,27)(H,25,28,29). The Kier molecular flexibility index (Phi) is 5.65. The molecule has 30 heavy (non-hydrogen) atoms. The molecule has 0 aliphatic carbocycles. The Hall–Kier alpha value is -3.03. The molecule has 1 fully saturated rings. The van der Waals surface area contributed by atoms with E-state index in [4.69, 9.17) is 11.6 Å². The number of thioether (sulfide) groups is 1. The second-order valence-corrected chi connectivity index (χ2v) is 8.60. The molecule has 0 aromatic heterocycles.